The molecule has 0 aliphatic carbocycles. The number of hydrogen-bond donors (Lipinski definition) is 1. The first-order valence-electron chi connectivity index (χ1n) is 8.65. The fourth-order valence-corrected chi connectivity index (χ4v) is 4.40. The van der Waals surface area contributed by atoms with Crippen LogP contribution in [0.25, 0.3) is 0 Å². The Morgan fingerprint density at radius 3 is 2.33 bits per heavy atom. The lowest BCUT2D eigenvalue weighted by atomic mass is 9.99. The zero-order valence-electron chi connectivity index (χ0n) is 14.9. The molecule has 2 aliphatic rings. The van der Waals surface area contributed by atoms with E-state index in [4.69, 9.17) is 0 Å². The maximum atomic E-state index is 13.0. The van der Waals surface area contributed by atoms with E-state index in [1.165, 1.54) is 5.56 Å². The van der Waals surface area contributed by atoms with Crippen molar-refractivity contribution in [3.63, 3.8) is 0 Å². The monoisotopic (exact) mass is 330 g/mol. The van der Waals surface area contributed by atoms with Crippen LogP contribution in [0.5, 0.6) is 0 Å². The van der Waals surface area contributed by atoms with Crippen LogP contribution in [0.3, 0.4) is 0 Å². The number of carbonyl (C=O) groups is 2. The van der Waals surface area contributed by atoms with E-state index in [-0.39, 0.29) is 23.8 Å². The van der Waals surface area contributed by atoms with Gasteiger partial charge >= 0.3 is 5.97 Å². The Balaban J connectivity index is 1.81. The molecule has 130 valence electrons. The lowest BCUT2D eigenvalue weighted by Gasteiger charge is -2.25. The molecular weight excluding hydrogens is 304 g/mol. The van der Waals surface area contributed by atoms with Crippen LogP contribution in [0.15, 0.2) is 12.1 Å². The molecule has 3 atom stereocenters. The van der Waals surface area contributed by atoms with Crippen molar-refractivity contribution in [1.82, 2.24) is 4.90 Å². The Kier molecular flexibility index (Phi) is 4.38. The van der Waals surface area contributed by atoms with Crippen LogP contribution < -0.4 is 4.90 Å². The predicted octanol–water partition coefficient (Wildman–Crippen LogP) is 2.37. The van der Waals surface area contributed by atoms with Gasteiger partial charge < -0.3 is 10.0 Å². The van der Waals surface area contributed by atoms with Gasteiger partial charge in [-0.15, -0.1) is 0 Å². The molecule has 0 saturated carbocycles. The Hall–Kier alpha value is -1.88. The summed E-state index contributed by atoms with van der Waals surface area (Å²) in [7, 11) is 0. The molecule has 0 aromatic heterocycles. The van der Waals surface area contributed by atoms with Gasteiger partial charge in [0.15, 0.2) is 0 Å². The molecule has 0 bridgehead atoms. The van der Waals surface area contributed by atoms with Gasteiger partial charge in [0.25, 0.3) is 0 Å². The van der Waals surface area contributed by atoms with Gasteiger partial charge in [0.2, 0.25) is 5.91 Å². The third-order valence-corrected chi connectivity index (χ3v) is 5.48. The maximum Gasteiger partial charge on any atom is 0.308 e. The molecule has 2 saturated heterocycles. The number of benzene rings is 1. The summed E-state index contributed by atoms with van der Waals surface area (Å²) in [6.07, 6.45) is 0.769. The quantitative estimate of drug-likeness (QED) is 0.924. The minimum atomic E-state index is -0.752. The lowest BCUT2D eigenvalue weighted by molar-refractivity contribution is -0.142. The second-order valence-corrected chi connectivity index (χ2v) is 7.42. The largest absolute Gasteiger partial charge is 0.481 e. The van der Waals surface area contributed by atoms with Crippen molar-refractivity contribution in [2.45, 2.75) is 40.2 Å². The van der Waals surface area contributed by atoms with Crippen LogP contribution in [0, 0.1) is 32.6 Å². The average Bonchev–Trinajstić information content (AvgIpc) is 3.02. The Morgan fingerprint density at radius 1 is 1.17 bits per heavy atom. The number of carboxylic acids is 1. The van der Waals surface area contributed by atoms with Crippen LogP contribution in [0.2, 0.25) is 0 Å². The van der Waals surface area contributed by atoms with Crippen LogP contribution in [-0.2, 0) is 9.59 Å². The van der Waals surface area contributed by atoms with Crippen LogP contribution >= 0.6 is 0 Å². The average molecular weight is 330 g/mol. The molecule has 1 amide bonds. The van der Waals surface area contributed by atoms with E-state index in [0.29, 0.717) is 19.6 Å². The molecule has 5 heteroatoms. The minimum Gasteiger partial charge on any atom is -0.481 e. The van der Waals surface area contributed by atoms with E-state index in [1.807, 2.05) is 25.7 Å². The van der Waals surface area contributed by atoms with E-state index < -0.39 is 5.97 Å². The van der Waals surface area contributed by atoms with Crippen molar-refractivity contribution in [2.75, 3.05) is 24.5 Å². The fraction of sp³-hybridized carbons (Fsp3) is 0.579. The smallest absolute Gasteiger partial charge is 0.308 e. The molecule has 2 heterocycles. The summed E-state index contributed by atoms with van der Waals surface area (Å²) in [5.41, 5.74) is 4.48. The highest BCUT2D eigenvalue weighted by Crippen LogP contribution is 2.34. The molecule has 2 fully saturated rings. The number of aryl methyl sites for hydroxylation is 3. The summed E-state index contributed by atoms with van der Waals surface area (Å²) in [5, 5.41) is 9.32. The molecule has 0 spiro atoms. The number of amides is 1. The summed E-state index contributed by atoms with van der Waals surface area (Å²) in [6.45, 7) is 10.00. The summed E-state index contributed by atoms with van der Waals surface area (Å²) in [6, 6.07) is 4.04. The number of carboxylic acid groups (broad SMARTS) is 1. The van der Waals surface area contributed by atoms with Crippen molar-refractivity contribution < 1.29 is 14.7 Å². The molecule has 1 aromatic rings. The first-order valence-corrected chi connectivity index (χ1v) is 8.65. The Labute approximate surface area is 143 Å². The molecule has 3 rings (SSSR count). The molecule has 1 N–H and O–H groups in total. The highest BCUT2D eigenvalue weighted by molar-refractivity contribution is 6.00. The topological polar surface area (TPSA) is 60.9 Å². The third-order valence-electron chi connectivity index (χ3n) is 5.48. The van der Waals surface area contributed by atoms with Gasteiger partial charge in [-0.3, -0.25) is 14.5 Å². The molecular formula is C19H26N2O3. The highest BCUT2D eigenvalue weighted by Gasteiger charge is 2.44. The number of hydrogen-bond acceptors (Lipinski definition) is 3. The minimum absolute atomic E-state index is 0.0900. The van der Waals surface area contributed by atoms with Gasteiger partial charge in [-0.05, 0) is 44.2 Å². The maximum absolute atomic E-state index is 13.0. The summed E-state index contributed by atoms with van der Waals surface area (Å²) in [4.78, 5) is 28.3. The Morgan fingerprint density at radius 2 is 1.79 bits per heavy atom. The Bertz CT molecular complexity index is 662. The number of nitrogens with zero attached hydrogens (tertiary/aromatic N) is 2. The van der Waals surface area contributed by atoms with Crippen molar-refractivity contribution in [1.29, 1.82) is 0 Å². The third kappa shape index (κ3) is 2.81. The number of rotatable bonds is 3. The molecule has 5 nitrogen and oxygen atoms in total. The van der Waals surface area contributed by atoms with Gasteiger partial charge in [0, 0.05) is 25.3 Å². The van der Waals surface area contributed by atoms with Crippen LogP contribution in [-0.4, -0.2) is 47.6 Å². The van der Waals surface area contributed by atoms with Gasteiger partial charge in [0.05, 0.1) is 12.0 Å². The number of carbonyl (C=O) groups excluding carboxylic acids is 1. The van der Waals surface area contributed by atoms with Crippen molar-refractivity contribution in [3.05, 3.63) is 28.8 Å². The number of likely N-dealkylation sites (tertiary alicyclic amines) is 1. The van der Waals surface area contributed by atoms with Gasteiger partial charge in [0.1, 0.15) is 0 Å². The number of aliphatic carboxylic acids is 1. The lowest BCUT2D eigenvalue weighted by Crippen LogP contribution is -2.41. The second-order valence-electron chi connectivity index (χ2n) is 7.42. The molecule has 24 heavy (non-hydrogen) atoms. The van der Waals surface area contributed by atoms with Crippen molar-refractivity contribution >= 4 is 17.6 Å². The fourth-order valence-electron chi connectivity index (χ4n) is 4.40. The zero-order chi connectivity index (χ0) is 17.6. The van der Waals surface area contributed by atoms with Crippen LogP contribution in [0.4, 0.5) is 5.69 Å². The normalized spacial score (nSPS) is 27.9. The van der Waals surface area contributed by atoms with Crippen molar-refractivity contribution in [3.8, 4) is 0 Å². The second kappa shape index (κ2) is 6.20. The van der Waals surface area contributed by atoms with Gasteiger partial charge in [-0.1, -0.05) is 24.6 Å². The predicted molar refractivity (Wildman–Crippen MR) is 93.3 cm³/mol. The summed E-state index contributed by atoms with van der Waals surface area (Å²) < 4.78 is 0. The number of anilines is 1. The zero-order valence-corrected chi connectivity index (χ0v) is 14.9. The SMILES string of the molecule is Cc1cc(C)c(N2CCC(N3C[C@@H](C)[C@H](C(=O)O)C3)C2=O)c(C)c1. The van der Waals surface area contributed by atoms with E-state index >= 15 is 0 Å². The molecule has 1 unspecified atom stereocenters. The van der Waals surface area contributed by atoms with E-state index in [0.717, 1.165) is 23.2 Å². The van der Waals surface area contributed by atoms with Gasteiger partial charge in [-0.25, -0.2) is 0 Å². The first kappa shape index (κ1) is 17.0. The summed E-state index contributed by atoms with van der Waals surface area (Å²) in [5.74, 6) is -0.914. The van der Waals surface area contributed by atoms with E-state index in [1.54, 1.807) is 0 Å². The molecule has 1 aromatic carbocycles. The van der Waals surface area contributed by atoms with E-state index in [2.05, 4.69) is 24.0 Å². The molecule has 0 radical (unpaired) electrons. The van der Waals surface area contributed by atoms with Crippen molar-refractivity contribution in [2.24, 2.45) is 11.8 Å². The van der Waals surface area contributed by atoms with Crippen LogP contribution in [0.1, 0.15) is 30.0 Å². The first-order chi connectivity index (χ1) is 11.3. The summed E-state index contributed by atoms with van der Waals surface area (Å²) >= 11 is 0. The highest BCUT2D eigenvalue weighted by atomic mass is 16.4. The van der Waals surface area contributed by atoms with Gasteiger partial charge in [-0.2, -0.15) is 0 Å². The molecule has 2 aliphatic heterocycles. The standard InChI is InChI=1S/C19H26N2O3/c1-11-7-12(2)17(13(3)8-11)21-6-5-16(18(21)22)20-9-14(4)15(10-20)19(23)24/h7-8,14-16H,5-6,9-10H2,1-4H3,(H,23,24)/t14-,15-,16?/m1/s1. The van der Waals surface area contributed by atoms with E-state index in [9.17, 15) is 14.7 Å².